The molecule has 6 nitrogen and oxygen atoms in total. The van der Waals surface area contributed by atoms with Crippen molar-refractivity contribution in [2.45, 2.75) is 86.7 Å². The topological polar surface area (TPSA) is 109 Å². The molecule has 44 heavy (non-hydrogen) atoms. The van der Waals surface area contributed by atoms with Gasteiger partial charge in [0.25, 0.3) is 0 Å². The second-order valence-corrected chi connectivity index (χ2v) is 14.0. The van der Waals surface area contributed by atoms with Gasteiger partial charge < -0.3 is 10.2 Å². The van der Waals surface area contributed by atoms with Crippen LogP contribution in [0.15, 0.2) is 41.5 Å². The molecule has 0 aliphatic heterocycles. The number of ketones is 4. The molecule has 2 unspecified atom stereocenters. The lowest BCUT2D eigenvalue weighted by molar-refractivity contribution is -0.183. The molecule has 5 atom stereocenters. The molecular formula is C38H44O6. The van der Waals surface area contributed by atoms with Gasteiger partial charge in [-0.25, -0.2) is 0 Å². The van der Waals surface area contributed by atoms with E-state index in [0.29, 0.717) is 17.6 Å². The Morgan fingerprint density at radius 2 is 1.66 bits per heavy atom. The Labute approximate surface area is 260 Å². The van der Waals surface area contributed by atoms with Gasteiger partial charge in [0.05, 0.1) is 11.5 Å². The van der Waals surface area contributed by atoms with Crippen LogP contribution in [0.3, 0.4) is 0 Å². The summed E-state index contributed by atoms with van der Waals surface area (Å²) < 4.78 is 0. The SMILES string of the molecule is CCc1ccc(/C=C/c2ccc(O)c3c2C[C@@]2(C)C[C@@]4(C)C(C(C)C)=C(C)C(C(C)=O)C(=O)[C@@]4(O)C(=O)C2C3=O)cc1CC. The number of aliphatic hydroxyl groups is 1. The smallest absolute Gasteiger partial charge is 0.192 e. The number of rotatable bonds is 6. The average Bonchev–Trinajstić information content (AvgIpc) is 2.94. The Balaban J connectivity index is 1.66. The van der Waals surface area contributed by atoms with Gasteiger partial charge in [-0.15, -0.1) is 0 Å². The van der Waals surface area contributed by atoms with Gasteiger partial charge in [-0.3, -0.25) is 19.2 Å². The molecule has 0 radical (unpaired) electrons. The zero-order chi connectivity index (χ0) is 32.5. The molecule has 5 rings (SSSR count). The summed E-state index contributed by atoms with van der Waals surface area (Å²) in [7, 11) is 0. The molecule has 1 saturated carbocycles. The van der Waals surface area contributed by atoms with Crippen molar-refractivity contribution in [2.24, 2.45) is 28.6 Å². The maximum atomic E-state index is 14.5. The van der Waals surface area contributed by atoms with E-state index in [9.17, 15) is 29.4 Å². The van der Waals surface area contributed by atoms with Gasteiger partial charge in [0.2, 0.25) is 0 Å². The first kappa shape index (κ1) is 31.8. The lowest BCUT2D eigenvalue weighted by atomic mass is 9.41. The molecule has 0 spiro atoms. The van der Waals surface area contributed by atoms with E-state index in [0.717, 1.165) is 29.5 Å². The monoisotopic (exact) mass is 596 g/mol. The minimum absolute atomic E-state index is 0.0629. The number of Topliss-reactive ketones (excluding diaryl/α,β-unsaturated/α-hetero) is 4. The number of benzene rings is 2. The largest absolute Gasteiger partial charge is 0.507 e. The lowest BCUT2D eigenvalue weighted by Gasteiger charge is -2.60. The van der Waals surface area contributed by atoms with Crippen molar-refractivity contribution in [2.75, 3.05) is 0 Å². The van der Waals surface area contributed by atoms with Crippen LogP contribution in [-0.4, -0.2) is 38.9 Å². The van der Waals surface area contributed by atoms with Crippen molar-refractivity contribution >= 4 is 35.3 Å². The molecule has 2 N–H and O–H groups in total. The molecule has 6 heteroatoms. The lowest BCUT2D eigenvalue weighted by Crippen LogP contribution is -2.73. The third-order valence-electron chi connectivity index (χ3n) is 10.8. The van der Waals surface area contributed by atoms with Crippen LogP contribution in [0.25, 0.3) is 12.2 Å². The molecule has 0 saturated heterocycles. The second-order valence-electron chi connectivity index (χ2n) is 14.0. The minimum Gasteiger partial charge on any atom is -0.507 e. The van der Waals surface area contributed by atoms with Crippen LogP contribution in [0.1, 0.15) is 100.0 Å². The fourth-order valence-electron chi connectivity index (χ4n) is 9.13. The summed E-state index contributed by atoms with van der Waals surface area (Å²) in [5, 5.41) is 23.2. The number of allylic oxidation sites excluding steroid dienone is 1. The molecule has 0 bridgehead atoms. The normalized spacial score (nSPS) is 30.1. The van der Waals surface area contributed by atoms with Crippen molar-refractivity contribution in [3.63, 3.8) is 0 Å². The molecule has 2 aromatic carbocycles. The summed E-state index contributed by atoms with van der Waals surface area (Å²) in [6.45, 7) is 14.8. The van der Waals surface area contributed by atoms with Crippen LogP contribution in [-0.2, 0) is 33.6 Å². The van der Waals surface area contributed by atoms with E-state index in [2.05, 4.69) is 32.0 Å². The zero-order valence-corrected chi connectivity index (χ0v) is 27.1. The molecule has 3 aliphatic carbocycles. The molecule has 1 fully saturated rings. The van der Waals surface area contributed by atoms with Crippen molar-refractivity contribution in [3.8, 4) is 5.75 Å². The second kappa shape index (κ2) is 10.8. The quantitative estimate of drug-likeness (QED) is 0.223. The van der Waals surface area contributed by atoms with E-state index >= 15 is 0 Å². The maximum absolute atomic E-state index is 14.5. The Bertz CT molecular complexity index is 1670. The molecule has 3 aliphatic rings. The first-order valence-corrected chi connectivity index (χ1v) is 15.8. The van der Waals surface area contributed by atoms with E-state index in [1.807, 2.05) is 32.9 Å². The standard InChI is InChI=1S/C38H44O6/c1-9-24-13-11-23(17-25(24)10-2)12-14-26-15-16-28(40)30-27(26)18-36(7)19-37(8)31(20(3)4)21(5)29(22(6)39)34(42)38(37,44)35(43)32(36)33(30)41/h11-17,20,29,32,40,44H,9-10,18-19H2,1-8H3/b14-12+/t29?,32?,36-,37-,38+/m0/s1. The van der Waals surface area contributed by atoms with Crippen LogP contribution >= 0.6 is 0 Å². The predicted octanol–water partition coefficient (Wildman–Crippen LogP) is 6.52. The number of fused-ring (bicyclic) bond motifs is 3. The molecule has 0 heterocycles. The number of aromatic hydroxyl groups is 1. The highest BCUT2D eigenvalue weighted by molar-refractivity contribution is 6.27. The Hall–Kier alpha value is -3.64. The average molecular weight is 597 g/mol. The Kier molecular flexibility index (Phi) is 7.77. The number of phenols is 1. The van der Waals surface area contributed by atoms with Gasteiger partial charge in [0.1, 0.15) is 17.5 Å². The van der Waals surface area contributed by atoms with Crippen LogP contribution in [0.2, 0.25) is 0 Å². The highest BCUT2D eigenvalue weighted by Crippen LogP contribution is 2.64. The van der Waals surface area contributed by atoms with Crippen LogP contribution in [0.5, 0.6) is 5.75 Å². The van der Waals surface area contributed by atoms with Gasteiger partial charge in [-0.2, -0.15) is 0 Å². The number of carbonyl (C=O) groups is 4. The molecule has 2 aromatic rings. The summed E-state index contributed by atoms with van der Waals surface area (Å²) in [6.07, 6.45) is 6.32. The fraction of sp³-hybridized carbons (Fsp3) is 0.474. The number of aryl methyl sites for hydroxylation is 2. The Morgan fingerprint density at radius 3 is 2.25 bits per heavy atom. The minimum atomic E-state index is -2.53. The number of carbonyl (C=O) groups excluding carboxylic acids is 4. The van der Waals surface area contributed by atoms with Gasteiger partial charge in [0.15, 0.2) is 23.0 Å². The first-order chi connectivity index (χ1) is 20.6. The van der Waals surface area contributed by atoms with Gasteiger partial charge >= 0.3 is 0 Å². The molecular weight excluding hydrogens is 552 g/mol. The van der Waals surface area contributed by atoms with E-state index in [1.54, 1.807) is 19.9 Å². The van der Waals surface area contributed by atoms with Crippen molar-refractivity contribution in [1.29, 1.82) is 0 Å². The van der Waals surface area contributed by atoms with Gasteiger partial charge in [-0.05, 0) is 84.7 Å². The summed E-state index contributed by atoms with van der Waals surface area (Å²) in [5.74, 6) is -5.70. The molecule has 0 aromatic heterocycles. The highest BCUT2D eigenvalue weighted by atomic mass is 16.3. The van der Waals surface area contributed by atoms with E-state index in [-0.39, 0.29) is 23.7 Å². The Morgan fingerprint density at radius 1 is 1.00 bits per heavy atom. The fourth-order valence-corrected chi connectivity index (χ4v) is 9.13. The summed E-state index contributed by atoms with van der Waals surface area (Å²) in [4.78, 5) is 55.5. The van der Waals surface area contributed by atoms with Crippen molar-refractivity contribution < 1.29 is 29.4 Å². The van der Waals surface area contributed by atoms with Crippen molar-refractivity contribution in [3.05, 3.63) is 74.9 Å². The van der Waals surface area contributed by atoms with Gasteiger partial charge in [-0.1, -0.05) is 89.1 Å². The molecule has 0 amide bonds. The number of hydrogen-bond donors (Lipinski definition) is 2. The third kappa shape index (κ3) is 4.32. The maximum Gasteiger partial charge on any atom is 0.192 e. The highest BCUT2D eigenvalue weighted by Gasteiger charge is 2.73. The molecule has 232 valence electrons. The van der Waals surface area contributed by atoms with Crippen LogP contribution in [0, 0.1) is 28.6 Å². The number of hydrogen-bond acceptors (Lipinski definition) is 6. The third-order valence-corrected chi connectivity index (χ3v) is 10.8. The summed E-state index contributed by atoms with van der Waals surface area (Å²) >= 11 is 0. The van der Waals surface area contributed by atoms with E-state index in [4.69, 9.17) is 0 Å². The van der Waals surface area contributed by atoms with Crippen LogP contribution in [0.4, 0.5) is 0 Å². The first-order valence-electron chi connectivity index (χ1n) is 15.8. The van der Waals surface area contributed by atoms with Gasteiger partial charge in [0, 0.05) is 5.41 Å². The van der Waals surface area contributed by atoms with E-state index in [1.165, 1.54) is 24.1 Å². The summed E-state index contributed by atoms with van der Waals surface area (Å²) in [6, 6.07) is 9.63. The zero-order valence-electron chi connectivity index (χ0n) is 27.1. The summed E-state index contributed by atoms with van der Waals surface area (Å²) in [5.41, 5.74) is 1.65. The number of phenolic OH excluding ortho intramolecular Hbond substituents is 1. The van der Waals surface area contributed by atoms with Crippen molar-refractivity contribution in [1.82, 2.24) is 0 Å². The predicted molar refractivity (Wildman–Crippen MR) is 171 cm³/mol. The van der Waals surface area contributed by atoms with E-state index < -0.39 is 51.4 Å². The van der Waals surface area contributed by atoms with Crippen LogP contribution < -0.4 is 0 Å².